The Balaban J connectivity index is 3.98. The lowest BCUT2D eigenvalue weighted by atomic mass is 10.0. The Labute approximate surface area is 557 Å². The fourth-order valence-electron chi connectivity index (χ4n) is 10.8. The molecular weight excluding hydrogens is 1130 g/mol. The number of allylic oxidation sites excluding steroid dienone is 16. The van der Waals surface area contributed by atoms with Gasteiger partial charge in [-0.25, -0.2) is 0 Å². The second kappa shape index (κ2) is 70.3. The van der Waals surface area contributed by atoms with Crippen molar-refractivity contribution >= 4 is 19.8 Å². The SMILES string of the molecule is CC/C=C\C/C=C\C/C=C\C/C=C\C/C=C\C/C=C\CCCCCCCCCCCCCCCCCCCCC(=O)OC(COC(=O)CCCCCCCCCCCCCCCCCCC/C=C\C/C=C\CCCCCCC)COP(=O)([O-])OCC[N+](C)(C)C. The number of hydrogen-bond acceptors (Lipinski definition) is 8. The van der Waals surface area contributed by atoms with Gasteiger partial charge < -0.3 is 27.9 Å². The predicted octanol–water partition coefficient (Wildman–Crippen LogP) is 24.4. The lowest BCUT2D eigenvalue weighted by Crippen LogP contribution is -2.37. The molecule has 0 aromatic carbocycles. The number of likely N-dealkylation sites (N-methyl/N-ethyl adjacent to an activating group) is 1. The minimum Gasteiger partial charge on any atom is -0.756 e. The number of phosphoric acid groups is 1. The van der Waals surface area contributed by atoms with E-state index in [1.54, 1.807) is 0 Å². The number of carbonyl (C=O) groups is 2. The molecule has 0 aromatic heterocycles. The molecule has 0 rings (SSSR count). The van der Waals surface area contributed by atoms with Crippen molar-refractivity contribution in [3.63, 3.8) is 0 Å². The average Bonchev–Trinajstić information content (AvgIpc) is 3.58. The third-order valence-corrected chi connectivity index (χ3v) is 17.6. The lowest BCUT2D eigenvalue weighted by Gasteiger charge is -2.28. The number of rotatable bonds is 70. The first-order valence-corrected chi connectivity index (χ1v) is 39.4. The summed E-state index contributed by atoms with van der Waals surface area (Å²) in [4.78, 5) is 38.1. The maximum Gasteiger partial charge on any atom is 0.306 e. The fraction of sp³-hybridized carbons (Fsp3) is 0.775. The van der Waals surface area contributed by atoms with Crippen LogP contribution in [-0.4, -0.2) is 70.0 Å². The summed E-state index contributed by atoms with van der Waals surface area (Å²) in [5.41, 5.74) is 0. The first kappa shape index (κ1) is 86.9. The monoisotopic (exact) mass is 1280 g/mol. The molecule has 0 radical (unpaired) electrons. The second-order valence-electron chi connectivity index (χ2n) is 26.6. The molecule has 0 spiro atoms. The lowest BCUT2D eigenvalue weighted by molar-refractivity contribution is -0.870. The Morgan fingerprint density at radius 1 is 0.356 bits per heavy atom. The van der Waals surface area contributed by atoms with Gasteiger partial charge >= 0.3 is 11.9 Å². The van der Waals surface area contributed by atoms with Crippen molar-refractivity contribution in [3.05, 3.63) is 97.2 Å². The highest BCUT2D eigenvalue weighted by atomic mass is 31.2. The molecule has 10 heteroatoms. The summed E-state index contributed by atoms with van der Waals surface area (Å²) in [5, 5.41) is 0. The van der Waals surface area contributed by atoms with Crippen molar-refractivity contribution in [2.45, 2.75) is 354 Å². The van der Waals surface area contributed by atoms with Crippen LogP contribution in [0.2, 0.25) is 0 Å². The van der Waals surface area contributed by atoms with E-state index in [0.717, 1.165) is 83.5 Å². The van der Waals surface area contributed by atoms with Crippen LogP contribution in [0, 0.1) is 0 Å². The van der Waals surface area contributed by atoms with Gasteiger partial charge in [-0.3, -0.25) is 14.2 Å². The number of quaternary nitrogens is 1. The summed E-state index contributed by atoms with van der Waals surface area (Å²) >= 11 is 0. The first-order chi connectivity index (χ1) is 44.0. The third-order valence-electron chi connectivity index (χ3n) is 16.6. The van der Waals surface area contributed by atoms with Crippen molar-refractivity contribution in [2.75, 3.05) is 47.5 Å². The van der Waals surface area contributed by atoms with E-state index >= 15 is 0 Å². The Kier molecular flexibility index (Phi) is 67.9. The van der Waals surface area contributed by atoms with Crippen molar-refractivity contribution in [2.24, 2.45) is 0 Å². The number of phosphoric ester groups is 1. The summed E-state index contributed by atoms with van der Waals surface area (Å²) in [7, 11) is 1.18. The molecule has 0 aliphatic carbocycles. The highest BCUT2D eigenvalue weighted by Gasteiger charge is 2.22. The third kappa shape index (κ3) is 74.0. The molecule has 522 valence electrons. The van der Waals surface area contributed by atoms with Crippen LogP contribution in [0.3, 0.4) is 0 Å². The van der Waals surface area contributed by atoms with E-state index in [-0.39, 0.29) is 32.0 Å². The minimum atomic E-state index is -4.65. The quantitative estimate of drug-likeness (QED) is 0.0195. The Morgan fingerprint density at radius 3 is 0.944 bits per heavy atom. The molecular formula is C80H144NO8P. The van der Waals surface area contributed by atoms with Crippen LogP contribution in [0.5, 0.6) is 0 Å². The molecule has 0 aliphatic heterocycles. The van der Waals surface area contributed by atoms with Gasteiger partial charge in [-0.1, -0.05) is 336 Å². The summed E-state index contributed by atoms with van der Waals surface area (Å²) in [6.07, 6.45) is 97.9. The zero-order valence-corrected chi connectivity index (χ0v) is 60.5. The summed E-state index contributed by atoms with van der Waals surface area (Å²) in [6, 6.07) is 0. The van der Waals surface area contributed by atoms with Crippen LogP contribution in [0.1, 0.15) is 348 Å². The predicted molar refractivity (Wildman–Crippen MR) is 388 cm³/mol. The summed E-state index contributed by atoms with van der Waals surface area (Å²) < 4.78 is 34.4. The zero-order valence-electron chi connectivity index (χ0n) is 59.6. The molecule has 2 unspecified atom stereocenters. The minimum absolute atomic E-state index is 0.0314. The van der Waals surface area contributed by atoms with Crippen molar-refractivity contribution < 1.29 is 42.1 Å². The zero-order chi connectivity index (χ0) is 65.5. The molecule has 0 aliphatic rings. The van der Waals surface area contributed by atoms with Crippen LogP contribution in [0.15, 0.2) is 97.2 Å². The summed E-state index contributed by atoms with van der Waals surface area (Å²) in [5.74, 6) is -0.819. The van der Waals surface area contributed by atoms with Gasteiger partial charge in [0.2, 0.25) is 0 Å². The standard InChI is InChI=1S/C80H144NO8P/c1-6-8-10-12-14-16-18-20-22-24-26-28-30-32-34-36-37-38-39-40-41-42-43-45-47-49-51-53-55-57-59-61-63-65-67-69-71-73-80(83)89-78(77-88-90(84,85)87-75-74-81(3,4)5)76-86-79(82)72-70-68-66-64-62-60-58-56-54-52-50-48-46-44-35-33-31-29-27-25-23-21-19-17-15-13-11-9-7-2/h8,10,14,16,19-22,25-28,32,34,37-38,78H,6-7,9,11-13,15,17-18,23-24,29-31,33,35-36,39-77H2,1-5H3/b10-8-,16-14-,21-19-,22-20-,27-25-,28-26-,34-32-,38-37-. The maximum absolute atomic E-state index is 12.9. The molecule has 0 aromatic rings. The molecule has 2 atom stereocenters. The largest absolute Gasteiger partial charge is 0.756 e. The molecule has 0 N–H and O–H groups in total. The highest BCUT2D eigenvalue weighted by molar-refractivity contribution is 7.45. The van der Waals surface area contributed by atoms with E-state index in [2.05, 4.69) is 111 Å². The van der Waals surface area contributed by atoms with E-state index in [1.807, 2.05) is 21.1 Å². The Hall–Kier alpha value is -3.07. The van der Waals surface area contributed by atoms with Crippen LogP contribution in [0.25, 0.3) is 0 Å². The number of carbonyl (C=O) groups excluding carboxylic acids is 2. The fourth-order valence-corrected chi connectivity index (χ4v) is 11.5. The van der Waals surface area contributed by atoms with Crippen LogP contribution < -0.4 is 4.89 Å². The topological polar surface area (TPSA) is 111 Å². The van der Waals surface area contributed by atoms with Crippen LogP contribution in [0.4, 0.5) is 0 Å². The van der Waals surface area contributed by atoms with Crippen molar-refractivity contribution in [1.82, 2.24) is 0 Å². The molecule has 9 nitrogen and oxygen atoms in total. The van der Waals surface area contributed by atoms with Crippen LogP contribution in [-0.2, 0) is 32.7 Å². The Bertz CT molecular complexity index is 1840. The molecule has 0 saturated carbocycles. The van der Waals surface area contributed by atoms with E-state index in [9.17, 15) is 19.0 Å². The van der Waals surface area contributed by atoms with Gasteiger partial charge in [-0.15, -0.1) is 0 Å². The number of unbranched alkanes of at least 4 members (excludes halogenated alkanes) is 40. The molecule has 0 fully saturated rings. The Morgan fingerprint density at radius 2 is 0.633 bits per heavy atom. The van der Waals surface area contributed by atoms with Crippen molar-refractivity contribution in [3.8, 4) is 0 Å². The van der Waals surface area contributed by atoms with E-state index in [0.29, 0.717) is 17.4 Å². The number of hydrogen-bond donors (Lipinski definition) is 0. The average molecular weight is 1280 g/mol. The van der Waals surface area contributed by atoms with Crippen LogP contribution >= 0.6 is 7.82 Å². The van der Waals surface area contributed by atoms with Crippen molar-refractivity contribution in [1.29, 1.82) is 0 Å². The van der Waals surface area contributed by atoms with E-state index in [4.69, 9.17) is 18.5 Å². The van der Waals surface area contributed by atoms with Gasteiger partial charge in [0.1, 0.15) is 19.8 Å². The van der Waals surface area contributed by atoms with E-state index < -0.39 is 26.5 Å². The number of nitrogens with zero attached hydrogens (tertiary/aromatic N) is 1. The normalized spacial score (nSPS) is 13.6. The summed E-state index contributed by atoms with van der Waals surface area (Å²) in [6.45, 7) is 4.16. The van der Waals surface area contributed by atoms with Gasteiger partial charge in [0, 0.05) is 12.8 Å². The maximum atomic E-state index is 12.9. The highest BCUT2D eigenvalue weighted by Crippen LogP contribution is 2.38. The van der Waals surface area contributed by atoms with E-state index in [1.165, 1.54) is 231 Å². The smallest absolute Gasteiger partial charge is 0.306 e. The second-order valence-corrected chi connectivity index (χ2v) is 28.0. The molecule has 0 heterocycles. The number of ether oxygens (including phenoxy) is 2. The van der Waals surface area contributed by atoms with Gasteiger partial charge in [-0.2, -0.15) is 0 Å². The molecule has 0 bridgehead atoms. The van der Waals surface area contributed by atoms with Gasteiger partial charge in [0.25, 0.3) is 7.82 Å². The molecule has 0 saturated heterocycles. The van der Waals surface area contributed by atoms with Gasteiger partial charge in [0.15, 0.2) is 6.10 Å². The van der Waals surface area contributed by atoms with Gasteiger partial charge in [0.05, 0.1) is 27.7 Å². The number of esters is 2. The first-order valence-electron chi connectivity index (χ1n) is 37.9. The molecule has 0 amide bonds. The molecule has 90 heavy (non-hydrogen) atoms. The van der Waals surface area contributed by atoms with Gasteiger partial charge in [-0.05, 0) is 96.3 Å².